The van der Waals surface area contributed by atoms with Gasteiger partial charge in [0.1, 0.15) is 7.11 Å². The summed E-state index contributed by atoms with van der Waals surface area (Å²) in [5, 5.41) is 0. The second-order valence-electron chi connectivity index (χ2n) is 4.89. The van der Waals surface area contributed by atoms with E-state index in [4.69, 9.17) is 0 Å². The lowest BCUT2D eigenvalue weighted by atomic mass is 10.1. The van der Waals surface area contributed by atoms with Crippen LogP contribution in [0.15, 0.2) is 24.5 Å². The molecule has 0 aromatic heterocycles. The van der Waals surface area contributed by atoms with E-state index < -0.39 is 0 Å². The minimum atomic E-state index is 1.18. The van der Waals surface area contributed by atoms with Gasteiger partial charge in [0.2, 0.25) is 0 Å². The largest absolute Gasteiger partial charge is 0.498 e. The number of ether oxygens (including phenoxy) is 1. The van der Waals surface area contributed by atoms with E-state index in [0.29, 0.717) is 0 Å². The quantitative estimate of drug-likeness (QED) is 0.216. The summed E-state index contributed by atoms with van der Waals surface area (Å²) in [5.41, 5.74) is 0. The van der Waals surface area contributed by atoms with E-state index in [2.05, 4.69) is 24.8 Å². The Morgan fingerprint density at radius 3 is 1.89 bits per heavy atom. The Kier molecular flexibility index (Phi) is 15.6. The monoisotopic (exact) mass is 251 g/mol. The minimum Gasteiger partial charge on any atom is -0.498 e. The van der Waals surface area contributed by atoms with Crippen LogP contribution in [0.3, 0.4) is 0 Å². The highest BCUT2D eigenvalue weighted by molar-refractivity contribution is 4.99. The summed E-state index contributed by atoms with van der Waals surface area (Å²) >= 11 is 0. The molecule has 1 heteroatoms. The highest BCUT2D eigenvalue weighted by Gasteiger charge is 1.91. The highest BCUT2D eigenvalue weighted by Crippen LogP contribution is 2.11. The fourth-order valence-corrected chi connectivity index (χ4v) is 2.03. The Labute approximate surface area is 114 Å². The smallest absolute Gasteiger partial charge is 0.121 e. The molecule has 0 aliphatic heterocycles. The van der Waals surface area contributed by atoms with Crippen LogP contribution in [0.1, 0.15) is 77.6 Å². The van der Waals surface area contributed by atoms with Gasteiger partial charge < -0.3 is 4.74 Å². The van der Waals surface area contributed by atoms with Gasteiger partial charge in [0.25, 0.3) is 0 Å². The van der Waals surface area contributed by atoms with Crippen LogP contribution in [0.2, 0.25) is 0 Å². The van der Waals surface area contributed by atoms with Gasteiger partial charge in [-0.1, -0.05) is 76.9 Å². The zero-order chi connectivity index (χ0) is 13.3. The molecular formula is C17H31O. The van der Waals surface area contributed by atoms with Crippen molar-refractivity contribution < 1.29 is 4.74 Å². The second-order valence-corrected chi connectivity index (χ2v) is 4.89. The topological polar surface area (TPSA) is 9.23 Å². The zero-order valence-electron chi connectivity index (χ0n) is 12.2. The van der Waals surface area contributed by atoms with Crippen molar-refractivity contribution in [3.63, 3.8) is 0 Å². The highest BCUT2D eigenvalue weighted by atomic mass is 16.5. The Hall–Kier alpha value is -0.720. The third kappa shape index (κ3) is 15.3. The summed E-state index contributed by atoms with van der Waals surface area (Å²) in [6.07, 6.45) is 22.9. The van der Waals surface area contributed by atoms with Crippen molar-refractivity contribution in [1.82, 2.24) is 0 Å². The maximum Gasteiger partial charge on any atom is 0.121 e. The van der Waals surface area contributed by atoms with Gasteiger partial charge in [-0.15, -0.1) is 0 Å². The Bertz CT molecular complexity index is 194. The van der Waals surface area contributed by atoms with Crippen molar-refractivity contribution >= 4 is 0 Å². The number of allylic oxidation sites excluding steroid dienone is 3. The summed E-state index contributed by atoms with van der Waals surface area (Å²) in [4.78, 5) is 0. The van der Waals surface area contributed by atoms with Crippen molar-refractivity contribution in [2.45, 2.75) is 77.6 Å². The third-order valence-corrected chi connectivity index (χ3v) is 3.15. The molecule has 18 heavy (non-hydrogen) atoms. The fourth-order valence-electron chi connectivity index (χ4n) is 2.03. The summed E-state index contributed by atoms with van der Waals surface area (Å²) in [6.45, 7) is 2.27. The van der Waals surface area contributed by atoms with Gasteiger partial charge in [0, 0.05) is 0 Å². The van der Waals surface area contributed by atoms with Gasteiger partial charge in [-0.05, 0) is 18.9 Å². The summed E-state index contributed by atoms with van der Waals surface area (Å²) < 4.78 is 4.57. The predicted molar refractivity (Wildman–Crippen MR) is 81.2 cm³/mol. The van der Waals surface area contributed by atoms with Crippen molar-refractivity contribution in [3.05, 3.63) is 31.6 Å². The SMILES string of the molecule is [CH2]O/C=C/C=C/CCCCCCCCCCCC. The molecular weight excluding hydrogens is 220 g/mol. The molecule has 1 nitrogen and oxygen atoms in total. The van der Waals surface area contributed by atoms with E-state index in [-0.39, 0.29) is 0 Å². The molecule has 0 aromatic carbocycles. The van der Waals surface area contributed by atoms with E-state index in [0.717, 1.165) is 0 Å². The molecule has 0 N–H and O–H groups in total. The molecule has 1 radical (unpaired) electrons. The average molecular weight is 251 g/mol. The maximum absolute atomic E-state index is 4.57. The molecule has 0 aromatic rings. The zero-order valence-corrected chi connectivity index (χ0v) is 12.2. The molecule has 0 amide bonds. The first-order valence-electron chi connectivity index (χ1n) is 7.64. The molecule has 0 atom stereocenters. The van der Waals surface area contributed by atoms with E-state index in [9.17, 15) is 0 Å². The molecule has 0 rings (SSSR count). The van der Waals surface area contributed by atoms with Crippen LogP contribution < -0.4 is 0 Å². The van der Waals surface area contributed by atoms with Crippen LogP contribution in [0.5, 0.6) is 0 Å². The van der Waals surface area contributed by atoms with Crippen LogP contribution in [-0.4, -0.2) is 0 Å². The van der Waals surface area contributed by atoms with E-state index in [1.165, 1.54) is 70.6 Å². The average Bonchev–Trinajstić information content (AvgIpc) is 2.39. The predicted octanol–water partition coefficient (Wildman–Crippen LogP) is 6.18. The van der Waals surface area contributed by atoms with Crippen molar-refractivity contribution in [1.29, 1.82) is 0 Å². The number of hydrogen-bond acceptors (Lipinski definition) is 1. The van der Waals surface area contributed by atoms with E-state index >= 15 is 0 Å². The van der Waals surface area contributed by atoms with Gasteiger partial charge in [0.15, 0.2) is 0 Å². The maximum atomic E-state index is 4.57. The van der Waals surface area contributed by atoms with Crippen molar-refractivity contribution in [2.75, 3.05) is 0 Å². The van der Waals surface area contributed by atoms with Gasteiger partial charge in [-0.2, -0.15) is 0 Å². The molecule has 0 saturated carbocycles. The summed E-state index contributed by atoms with van der Waals surface area (Å²) in [6, 6.07) is 0. The Morgan fingerprint density at radius 2 is 1.33 bits per heavy atom. The van der Waals surface area contributed by atoms with Crippen molar-refractivity contribution in [2.24, 2.45) is 0 Å². The molecule has 0 aliphatic rings. The number of unbranched alkanes of at least 4 members (excludes halogenated alkanes) is 10. The van der Waals surface area contributed by atoms with E-state index in [1.807, 2.05) is 12.2 Å². The van der Waals surface area contributed by atoms with Gasteiger partial charge in [-0.3, -0.25) is 0 Å². The summed E-state index contributed by atoms with van der Waals surface area (Å²) in [7, 11) is 3.26. The molecule has 0 bridgehead atoms. The van der Waals surface area contributed by atoms with Crippen molar-refractivity contribution in [3.8, 4) is 0 Å². The van der Waals surface area contributed by atoms with Crippen LogP contribution in [-0.2, 0) is 4.74 Å². The molecule has 0 aliphatic carbocycles. The van der Waals surface area contributed by atoms with Crippen LogP contribution in [0, 0.1) is 7.11 Å². The first kappa shape index (κ1) is 17.3. The first-order valence-corrected chi connectivity index (χ1v) is 7.64. The lowest BCUT2D eigenvalue weighted by Crippen LogP contribution is -1.81. The normalized spacial score (nSPS) is 11.7. The molecule has 0 spiro atoms. The van der Waals surface area contributed by atoms with Gasteiger partial charge >= 0.3 is 0 Å². The molecule has 0 unspecified atom stereocenters. The van der Waals surface area contributed by atoms with Gasteiger partial charge in [-0.25, -0.2) is 0 Å². The molecule has 0 saturated heterocycles. The van der Waals surface area contributed by atoms with Crippen LogP contribution in [0.4, 0.5) is 0 Å². The third-order valence-electron chi connectivity index (χ3n) is 3.15. The number of hydrogen-bond donors (Lipinski definition) is 0. The van der Waals surface area contributed by atoms with Crippen LogP contribution in [0.25, 0.3) is 0 Å². The number of rotatable bonds is 13. The molecule has 105 valence electrons. The summed E-state index contributed by atoms with van der Waals surface area (Å²) in [5.74, 6) is 0. The lowest BCUT2D eigenvalue weighted by Gasteiger charge is -2.01. The first-order chi connectivity index (χ1) is 8.91. The molecule has 0 heterocycles. The fraction of sp³-hybridized carbons (Fsp3) is 0.706. The lowest BCUT2D eigenvalue weighted by molar-refractivity contribution is 0.394. The minimum absolute atomic E-state index is 1.18. The Morgan fingerprint density at radius 1 is 0.778 bits per heavy atom. The van der Waals surface area contributed by atoms with E-state index in [1.54, 1.807) is 6.26 Å². The molecule has 0 fully saturated rings. The van der Waals surface area contributed by atoms with Gasteiger partial charge in [0.05, 0.1) is 6.26 Å². The second kappa shape index (κ2) is 16.3. The Balaban J connectivity index is 3.03. The standard InChI is InChI=1S/C17H31O/c1-3-4-5-6-7-8-9-10-11-12-13-14-15-16-17-18-2/h14-17H,2-13H2,1H3/b15-14+,17-16+. The van der Waals surface area contributed by atoms with Crippen LogP contribution >= 0.6 is 0 Å².